The van der Waals surface area contributed by atoms with E-state index in [1.807, 2.05) is 18.2 Å². The summed E-state index contributed by atoms with van der Waals surface area (Å²) >= 11 is 3.32. The van der Waals surface area contributed by atoms with Crippen LogP contribution in [0, 0.1) is 0 Å². The third kappa shape index (κ3) is 2.67. The van der Waals surface area contributed by atoms with E-state index in [0.717, 1.165) is 4.47 Å². The number of rotatable bonds is 3. The summed E-state index contributed by atoms with van der Waals surface area (Å²) in [6.07, 6.45) is 1.30. The predicted molar refractivity (Wildman–Crippen MR) is 68.3 cm³/mol. The van der Waals surface area contributed by atoms with Gasteiger partial charge < -0.3 is 10.5 Å². The van der Waals surface area contributed by atoms with Crippen LogP contribution in [0.1, 0.15) is 0 Å². The molecular formula is C10H9BrN2O3S. The second-order valence-corrected chi connectivity index (χ2v) is 5.78. The van der Waals surface area contributed by atoms with Crippen molar-refractivity contribution in [2.24, 2.45) is 10.1 Å². The molecule has 0 amide bonds. The molecule has 2 rings (SSSR count). The molecule has 0 saturated carbocycles. The normalized spacial score (nSPS) is 17.5. The van der Waals surface area contributed by atoms with Gasteiger partial charge in [0.05, 0.1) is 10.2 Å². The van der Waals surface area contributed by atoms with Crippen molar-refractivity contribution >= 4 is 31.7 Å². The van der Waals surface area contributed by atoms with Crippen LogP contribution < -0.4 is 10.5 Å². The summed E-state index contributed by atoms with van der Waals surface area (Å²) in [5.74, 6) is 0.617. The third-order valence-electron chi connectivity index (χ3n) is 2.06. The molecule has 0 aliphatic carbocycles. The second-order valence-electron chi connectivity index (χ2n) is 3.32. The summed E-state index contributed by atoms with van der Waals surface area (Å²) in [7, 11) is -3.65. The average Bonchev–Trinajstić information content (AvgIpc) is 2.52. The van der Waals surface area contributed by atoms with Gasteiger partial charge in [-0.05, 0) is 28.1 Å². The smallest absolute Gasteiger partial charge is 0.297 e. The van der Waals surface area contributed by atoms with Crippen LogP contribution in [0.25, 0.3) is 0 Å². The topological polar surface area (TPSA) is 81.8 Å². The van der Waals surface area contributed by atoms with Crippen LogP contribution >= 0.6 is 15.9 Å². The van der Waals surface area contributed by atoms with Gasteiger partial charge in [-0.3, -0.25) is 0 Å². The lowest BCUT2D eigenvalue weighted by atomic mass is 10.3. The van der Waals surface area contributed by atoms with Gasteiger partial charge in [-0.1, -0.05) is 12.1 Å². The Labute approximate surface area is 107 Å². The van der Waals surface area contributed by atoms with Crippen molar-refractivity contribution in [2.45, 2.75) is 0 Å². The van der Waals surface area contributed by atoms with Crippen LogP contribution in [0.2, 0.25) is 0 Å². The first-order valence-corrected chi connectivity index (χ1v) is 6.91. The van der Waals surface area contributed by atoms with Gasteiger partial charge in [0.2, 0.25) is 0 Å². The number of halogens is 1. The monoisotopic (exact) mass is 316 g/mol. The number of nitrogens with two attached hydrogens (primary N) is 1. The molecule has 1 aromatic rings. The zero-order chi connectivity index (χ0) is 12.5. The molecule has 0 radical (unpaired) electrons. The van der Waals surface area contributed by atoms with Gasteiger partial charge in [0.1, 0.15) is 12.4 Å². The Morgan fingerprint density at radius 3 is 2.65 bits per heavy atom. The van der Waals surface area contributed by atoms with E-state index < -0.39 is 10.0 Å². The predicted octanol–water partition coefficient (Wildman–Crippen LogP) is 1.41. The van der Waals surface area contributed by atoms with Crippen molar-refractivity contribution < 1.29 is 13.2 Å². The van der Waals surface area contributed by atoms with Crippen molar-refractivity contribution in [3.8, 4) is 5.75 Å². The van der Waals surface area contributed by atoms with Crippen molar-refractivity contribution in [2.75, 3.05) is 6.61 Å². The first-order valence-electron chi connectivity index (χ1n) is 4.67. The molecule has 0 fully saturated rings. The summed E-state index contributed by atoms with van der Waals surface area (Å²) in [5.41, 5.74) is 5.59. The summed E-state index contributed by atoms with van der Waals surface area (Å²) in [6.45, 7) is 0.0581. The molecule has 1 aliphatic heterocycles. The van der Waals surface area contributed by atoms with Gasteiger partial charge in [-0.2, -0.15) is 12.8 Å². The Balaban J connectivity index is 2.09. The Hall–Kier alpha value is -1.34. The lowest BCUT2D eigenvalue weighted by molar-refractivity contribution is 0.375. The lowest BCUT2D eigenvalue weighted by Gasteiger charge is -2.05. The van der Waals surface area contributed by atoms with Gasteiger partial charge in [0.15, 0.2) is 5.03 Å². The summed E-state index contributed by atoms with van der Waals surface area (Å²) in [5, 5.41) is -0.247. The van der Waals surface area contributed by atoms with Gasteiger partial charge in [0, 0.05) is 6.08 Å². The number of hydrogen-bond acceptors (Lipinski definition) is 4. The van der Waals surface area contributed by atoms with Crippen LogP contribution in [0.4, 0.5) is 0 Å². The minimum atomic E-state index is -3.65. The molecule has 0 atom stereocenters. The van der Waals surface area contributed by atoms with Crippen molar-refractivity contribution in [1.82, 2.24) is 0 Å². The Kier molecular flexibility index (Phi) is 3.21. The van der Waals surface area contributed by atoms with Gasteiger partial charge >= 0.3 is 0 Å². The molecule has 0 unspecified atom stereocenters. The number of benzene rings is 1. The molecule has 17 heavy (non-hydrogen) atoms. The lowest BCUT2D eigenvalue weighted by Crippen LogP contribution is -2.08. The van der Waals surface area contributed by atoms with Crippen LogP contribution in [0.15, 0.2) is 44.2 Å². The van der Waals surface area contributed by atoms with Gasteiger partial charge in [-0.25, -0.2) is 0 Å². The first-order chi connectivity index (χ1) is 7.99. The van der Waals surface area contributed by atoms with Crippen LogP contribution in [0.5, 0.6) is 5.75 Å². The van der Waals surface area contributed by atoms with Crippen LogP contribution in [-0.4, -0.2) is 20.7 Å². The Morgan fingerprint density at radius 1 is 1.35 bits per heavy atom. The highest BCUT2D eigenvalue weighted by molar-refractivity contribution is 9.10. The third-order valence-corrected chi connectivity index (χ3v) is 3.90. The van der Waals surface area contributed by atoms with Crippen molar-refractivity contribution in [3.05, 3.63) is 39.8 Å². The number of ether oxygens (including phenoxy) is 1. The minimum Gasteiger partial charge on any atom is -0.486 e. The number of hydrogen-bond donors (Lipinski definition) is 1. The molecular weight excluding hydrogens is 308 g/mol. The summed E-state index contributed by atoms with van der Waals surface area (Å²) in [4.78, 5) is 0. The number of nitrogens with zero attached hydrogens (tertiary/aromatic N) is 1. The Morgan fingerprint density at radius 2 is 2.06 bits per heavy atom. The Bertz CT molecular complexity index is 608. The fourth-order valence-corrected chi connectivity index (χ4v) is 2.46. The molecule has 2 N–H and O–H groups in total. The molecule has 7 heteroatoms. The molecule has 1 heterocycles. The number of sulfonamides is 1. The highest BCUT2D eigenvalue weighted by Gasteiger charge is 2.21. The van der Waals surface area contributed by atoms with E-state index in [9.17, 15) is 8.42 Å². The highest BCUT2D eigenvalue weighted by atomic mass is 79.9. The zero-order valence-corrected chi connectivity index (χ0v) is 11.0. The van der Waals surface area contributed by atoms with E-state index in [2.05, 4.69) is 20.3 Å². The fraction of sp³-hybridized carbons (Fsp3) is 0.100. The van der Waals surface area contributed by atoms with E-state index in [1.54, 1.807) is 6.07 Å². The maximum atomic E-state index is 11.2. The average molecular weight is 317 g/mol. The first kappa shape index (κ1) is 12.1. The van der Waals surface area contributed by atoms with Crippen LogP contribution in [0.3, 0.4) is 0 Å². The maximum Gasteiger partial charge on any atom is 0.297 e. The highest BCUT2D eigenvalue weighted by Crippen LogP contribution is 2.24. The summed E-state index contributed by atoms with van der Waals surface area (Å²) < 4.78 is 32.1. The molecule has 90 valence electrons. The quantitative estimate of drug-likeness (QED) is 0.914. The maximum absolute atomic E-state index is 11.2. The molecule has 0 aromatic heterocycles. The zero-order valence-electron chi connectivity index (χ0n) is 8.63. The molecule has 0 saturated heterocycles. The molecule has 0 spiro atoms. The van der Waals surface area contributed by atoms with Gasteiger partial charge in [-0.15, -0.1) is 0 Å². The van der Waals surface area contributed by atoms with E-state index in [0.29, 0.717) is 11.5 Å². The SMILES string of the molecule is NC1=CC(COc2ccccc2Br)=NS1(=O)=O. The molecule has 1 aromatic carbocycles. The van der Waals surface area contributed by atoms with Gasteiger partial charge in [0.25, 0.3) is 10.0 Å². The van der Waals surface area contributed by atoms with Crippen molar-refractivity contribution in [3.63, 3.8) is 0 Å². The standard InChI is InChI=1S/C10H9BrN2O3S/c11-8-3-1-2-4-9(8)16-6-7-5-10(12)17(14,15)13-7/h1-5H,6,12H2. The number of para-hydroxylation sites is 1. The van der Waals surface area contributed by atoms with E-state index >= 15 is 0 Å². The molecule has 1 aliphatic rings. The second kappa shape index (κ2) is 4.50. The van der Waals surface area contributed by atoms with Crippen LogP contribution in [-0.2, 0) is 10.0 Å². The van der Waals surface area contributed by atoms with E-state index in [-0.39, 0.29) is 11.6 Å². The van der Waals surface area contributed by atoms with E-state index in [4.69, 9.17) is 10.5 Å². The molecule has 5 nitrogen and oxygen atoms in total. The largest absolute Gasteiger partial charge is 0.486 e. The summed E-state index contributed by atoms with van der Waals surface area (Å²) in [6, 6.07) is 7.26. The molecule has 0 bridgehead atoms. The van der Waals surface area contributed by atoms with E-state index in [1.165, 1.54) is 6.08 Å². The van der Waals surface area contributed by atoms with Crippen molar-refractivity contribution in [1.29, 1.82) is 0 Å². The fourth-order valence-electron chi connectivity index (χ4n) is 1.25. The minimum absolute atomic E-state index is 0.0581.